The molecule has 0 saturated carbocycles. The van der Waals surface area contributed by atoms with Crippen LogP contribution in [-0.2, 0) is 11.2 Å². The van der Waals surface area contributed by atoms with E-state index in [-0.39, 0.29) is 12.3 Å². The molecule has 1 unspecified atom stereocenters. The molecule has 30 heavy (non-hydrogen) atoms. The van der Waals surface area contributed by atoms with Crippen molar-refractivity contribution in [3.63, 3.8) is 0 Å². The number of rotatable bonds is 13. The fourth-order valence-electron chi connectivity index (χ4n) is 2.61. The van der Waals surface area contributed by atoms with E-state index < -0.39 is 12.7 Å². The van der Waals surface area contributed by atoms with Crippen molar-refractivity contribution in [3.8, 4) is 5.75 Å². The first-order valence-electron chi connectivity index (χ1n) is 9.93. The second kappa shape index (κ2) is 13.6. The lowest BCUT2D eigenvalue weighted by atomic mass is 10.1. The molecule has 166 valence electrons. The minimum Gasteiger partial charge on any atom is -0.469 e. The summed E-state index contributed by atoms with van der Waals surface area (Å²) in [5, 5.41) is 16.8. The number of aliphatic hydroxyl groups excluding tert-OH is 1. The predicted molar refractivity (Wildman–Crippen MR) is 110 cm³/mol. The molecule has 1 aromatic heterocycles. The summed E-state index contributed by atoms with van der Waals surface area (Å²) < 4.78 is 39.4. The normalized spacial score (nSPS) is 12.8. The fourth-order valence-corrected chi connectivity index (χ4v) is 2.61. The highest BCUT2D eigenvalue weighted by Gasteiger charge is 2.10. The molecule has 0 fully saturated rings. The summed E-state index contributed by atoms with van der Waals surface area (Å²) >= 11 is 0. The zero-order valence-corrected chi connectivity index (χ0v) is 17.0. The first kappa shape index (κ1) is 23.6. The minimum atomic E-state index is -2.88. The summed E-state index contributed by atoms with van der Waals surface area (Å²) in [6.07, 6.45) is 2.27. The summed E-state index contributed by atoms with van der Waals surface area (Å²) in [6.45, 7) is 1.78. The fraction of sp³-hybridized carbons (Fsp3) is 0.476. The van der Waals surface area contributed by atoms with Crippen LogP contribution in [0.2, 0.25) is 0 Å². The van der Waals surface area contributed by atoms with Gasteiger partial charge in [-0.3, -0.25) is 4.99 Å². The van der Waals surface area contributed by atoms with Gasteiger partial charge in [0.25, 0.3) is 0 Å². The lowest BCUT2D eigenvalue weighted by Crippen LogP contribution is -2.39. The van der Waals surface area contributed by atoms with E-state index in [9.17, 15) is 13.9 Å². The third kappa shape index (κ3) is 9.23. The number of hydrogen-bond donors (Lipinski definition) is 3. The van der Waals surface area contributed by atoms with Crippen molar-refractivity contribution in [3.05, 3.63) is 54.0 Å². The highest BCUT2D eigenvalue weighted by atomic mass is 19.3. The van der Waals surface area contributed by atoms with Gasteiger partial charge in [-0.1, -0.05) is 12.1 Å². The maximum atomic E-state index is 12.2. The Bertz CT molecular complexity index is 724. The average molecular weight is 425 g/mol. The van der Waals surface area contributed by atoms with E-state index in [0.717, 1.165) is 12.2 Å². The third-order valence-corrected chi connectivity index (χ3v) is 4.12. The van der Waals surface area contributed by atoms with Crippen molar-refractivity contribution in [1.29, 1.82) is 0 Å². The molecule has 0 spiro atoms. The monoisotopic (exact) mass is 425 g/mol. The van der Waals surface area contributed by atoms with Gasteiger partial charge in [-0.15, -0.1) is 0 Å². The maximum Gasteiger partial charge on any atom is 0.387 e. The Morgan fingerprint density at radius 3 is 2.60 bits per heavy atom. The van der Waals surface area contributed by atoms with Crippen molar-refractivity contribution < 1.29 is 27.8 Å². The SMILES string of the molecule is CCOCCCNC(=NCC(O)c1ccc(OC(F)F)cc1)NCCc1ccco1. The number of guanidine groups is 1. The topological polar surface area (TPSA) is 88.2 Å². The summed E-state index contributed by atoms with van der Waals surface area (Å²) in [4.78, 5) is 4.43. The van der Waals surface area contributed by atoms with Gasteiger partial charge in [0, 0.05) is 32.7 Å². The smallest absolute Gasteiger partial charge is 0.387 e. The van der Waals surface area contributed by atoms with Crippen molar-refractivity contribution >= 4 is 5.96 Å². The number of ether oxygens (including phenoxy) is 2. The van der Waals surface area contributed by atoms with Crippen LogP contribution in [0.5, 0.6) is 5.75 Å². The van der Waals surface area contributed by atoms with Crippen LogP contribution in [0.4, 0.5) is 8.78 Å². The van der Waals surface area contributed by atoms with Crippen molar-refractivity contribution in [2.45, 2.75) is 32.5 Å². The zero-order valence-electron chi connectivity index (χ0n) is 17.0. The summed E-state index contributed by atoms with van der Waals surface area (Å²) in [5.41, 5.74) is 0.562. The average Bonchev–Trinajstić information content (AvgIpc) is 3.24. The molecule has 0 amide bonds. The molecule has 0 aliphatic carbocycles. The van der Waals surface area contributed by atoms with E-state index in [1.807, 2.05) is 19.1 Å². The zero-order chi connectivity index (χ0) is 21.6. The van der Waals surface area contributed by atoms with Crippen molar-refractivity contribution in [1.82, 2.24) is 10.6 Å². The standard InChI is InChI=1S/C21H29F2N3O4/c1-2-28-13-4-11-24-21(25-12-10-17-5-3-14-29-17)26-15-19(27)16-6-8-18(9-7-16)30-20(22)23/h3,5-9,14,19-20,27H,2,4,10-13,15H2,1H3,(H2,24,25,26). The molecule has 3 N–H and O–H groups in total. The van der Waals surface area contributed by atoms with E-state index in [2.05, 4.69) is 20.4 Å². The van der Waals surface area contributed by atoms with Gasteiger partial charge in [-0.05, 0) is 43.2 Å². The lowest BCUT2D eigenvalue weighted by Gasteiger charge is -2.14. The number of alkyl halides is 2. The molecule has 7 nitrogen and oxygen atoms in total. The van der Waals surface area contributed by atoms with E-state index in [1.165, 1.54) is 24.3 Å². The molecular weight excluding hydrogens is 396 g/mol. The van der Waals surface area contributed by atoms with Gasteiger partial charge >= 0.3 is 6.61 Å². The van der Waals surface area contributed by atoms with E-state index in [4.69, 9.17) is 9.15 Å². The van der Waals surface area contributed by atoms with Crippen LogP contribution >= 0.6 is 0 Å². The number of hydrogen-bond acceptors (Lipinski definition) is 5. The molecule has 0 bridgehead atoms. The number of halogens is 2. The second-order valence-electron chi connectivity index (χ2n) is 6.39. The number of aliphatic hydroxyl groups is 1. The van der Waals surface area contributed by atoms with Crippen LogP contribution in [0.3, 0.4) is 0 Å². The van der Waals surface area contributed by atoms with Gasteiger partial charge in [0.05, 0.1) is 18.9 Å². The quantitative estimate of drug-likeness (QED) is 0.260. The largest absolute Gasteiger partial charge is 0.469 e. The second-order valence-corrected chi connectivity index (χ2v) is 6.39. The van der Waals surface area contributed by atoms with Crippen LogP contribution in [0.1, 0.15) is 30.8 Å². The van der Waals surface area contributed by atoms with Crippen LogP contribution < -0.4 is 15.4 Å². The molecule has 0 aliphatic heterocycles. The molecule has 2 rings (SSSR count). The molecule has 9 heteroatoms. The highest BCUT2D eigenvalue weighted by Crippen LogP contribution is 2.19. The summed E-state index contributed by atoms with van der Waals surface area (Å²) in [5.74, 6) is 1.47. The predicted octanol–water partition coefficient (Wildman–Crippen LogP) is 3.12. The third-order valence-electron chi connectivity index (χ3n) is 4.12. The van der Waals surface area contributed by atoms with E-state index in [0.29, 0.717) is 44.2 Å². The number of nitrogens with zero attached hydrogens (tertiary/aromatic N) is 1. The summed E-state index contributed by atoms with van der Waals surface area (Å²) in [7, 11) is 0. The molecule has 0 radical (unpaired) electrons. The van der Waals surface area contributed by atoms with Gasteiger partial charge in [-0.2, -0.15) is 8.78 Å². The van der Waals surface area contributed by atoms with E-state index >= 15 is 0 Å². The van der Waals surface area contributed by atoms with Crippen LogP contribution in [0.15, 0.2) is 52.1 Å². The maximum absolute atomic E-state index is 12.2. The van der Waals surface area contributed by atoms with Gasteiger partial charge in [0.15, 0.2) is 5.96 Å². The van der Waals surface area contributed by atoms with E-state index in [1.54, 1.807) is 6.26 Å². The Morgan fingerprint density at radius 1 is 1.17 bits per heavy atom. The lowest BCUT2D eigenvalue weighted by molar-refractivity contribution is -0.0498. The van der Waals surface area contributed by atoms with Gasteiger partial charge in [0.2, 0.25) is 0 Å². The van der Waals surface area contributed by atoms with Gasteiger partial charge < -0.3 is 29.6 Å². The van der Waals surface area contributed by atoms with Crippen molar-refractivity contribution in [2.24, 2.45) is 4.99 Å². The number of benzene rings is 1. The Kier molecular flexibility index (Phi) is 10.7. The molecule has 1 aromatic carbocycles. The highest BCUT2D eigenvalue weighted by molar-refractivity contribution is 5.79. The minimum absolute atomic E-state index is 0.0423. The Balaban J connectivity index is 1.87. The Morgan fingerprint density at radius 2 is 1.93 bits per heavy atom. The molecule has 0 aliphatic rings. The van der Waals surface area contributed by atoms with Crippen molar-refractivity contribution in [2.75, 3.05) is 32.8 Å². The van der Waals surface area contributed by atoms with Gasteiger partial charge in [0.1, 0.15) is 11.5 Å². The number of nitrogens with one attached hydrogen (secondary N) is 2. The molecule has 0 saturated heterocycles. The number of aliphatic imine (C=N–C) groups is 1. The number of furan rings is 1. The molecule has 1 atom stereocenters. The molecule has 1 heterocycles. The van der Waals surface area contributed by atoms with Crippen LogP contribution in [0.25, 0.3) is 0 Å². The molecule has 2 aromatic rings. The first-order valence-corrected chi connectivity index (χ1v) is 9.93. The molecular formula is C21H29F2N3O4. The Labute approximate surface area is 175 Å². The Hall–Kier alpha value is -2.65. The van der Waals surface area contributed by atoms with Crippen LogP contribution in [-0.4, -0.2) is 50.5 Å². The summed E-state index contributed by atoms with van der Waals surface area (Å²) in [6, 6.07) is 9.60. The first-order chi connectivity index (χ1) is 14.6. The van der Waals surface area contributed by atoms with Gasteiger partial charge in [-0.25, -0.2) is 0 Å². The van der Waals surface area contributed by atoms with Crippen LogP contribution in [0, 0.1) is 0 Å².